The van der Waals surface area contributed by atoms with Crippen LogP contribution in [0, 0.1) is 0 Å². The second-order valence-electron chi connectivity index (χ2n) is 12.9. The summed E-state index contributed by atoms with van der Waals surface area (Å²) < 4.78 is 27.2. The number of nitrogens with one attached hydrogen (secondary N) is 4. The van der Waals surface area contributed by atoms with Crippen LogP contribution in [-0.2, 0) is 18.9 Å². The van der Waals surface area contributed by atoms with Gasteiger partial charge in [0.05, 0.1) is 19.6 Å². The summed E-state index contributed by atoms with van der Waals surface area (Å²) >= 11 is 0. The first-order valence-corrected chi connectivity index (χ1v) is 19.4. The number of amides is 5. The van der Waals surface area contributed by atoms with Crippen molar-refractivity contribution in [3.8, 4) is 11.5 Å². The van der Waals surface area contributed by atoms with Crippen LogP contribution in [0.5, 0.6) is 11.5 Å². The van der Waals surface area contributed by atoms with Crippen LogP contribution < -0.4 is 35.6 Å². The predicted molar refractivity (Wildman–Crippen MR) is 201 cm³/mol. The van der Waals surface area contributed by atoms with Crippen molar-refractivity contribution in [2.45, 2.75) is 37.5 Å². The minimum atomic E-state index is -4.13. The number of hydrogen-bond donors (Lipinski definition) is 5. The van der Waals surface area contributed by atoms with Gasteiger partial charge in [-0.1, -0.05) is 36.4 Å². The number of nitrogens with two attached hydrogens (primary N) is 1. The van der Waals surface area contributed by atoms with Crippen molar-refractivity contribution < 1.29 is 42.9 Å². The molecule has 2 saturated heterocycles. The van der Waals surface area contributed by atoms with E-state index in [4.69, 9.17) is 9.05 Å². The first-order valence-electron chi connectivity index (χ1n) is 17.8. The molecule has 6 rings (SSSR count). The van der Waals surface area contributed by atoms with Crippen LogP contribution in [0.2, 0.25) is 0 Å². The molecule has 0 bridgehead atoms. The van der Waals surface area contributed by atoms with E-state index in [-0.39, 0.29) is 48.4 Å². The van der Waals surface area contributed by atoms with Gasteiger partial charge in [0, 0.05) is 41.9 Å². The Kier molecular flexibility index (Phi) is 12.4. The average molecular weight is 754 g/mol. The highest BCUT2D eigenvalue weighted by Crippen LogP contribution is 2.57. The molecule has 5 amide bonds. The first kappa shape index (κ1) is 37.8. The smallest absolute Gasteiger partial charge is 0.415 e. The molecule has 0 spiro atoms. The number of carbonyl (C=O) groups excluding carboxylic acids is 5. The molecule has 280 valence electrons. The minimum Gasteiger partial charge on any atom is -0.415 e. The fourth-order valence-corrected chi connectivity index (χ4v) is 8.48. The van der Waals surface area contributed by atoms with Crippen molar-refractivity contribution in [2.24, 2.45) is 0 Å². The number of likely N-dealkylation sites (tertiary alicyclic amines) is 1. The number of nitrogens with zero attached hydrogens (tertiary/aromatic N) is 1. The van der Waals surface area contributed by atoms with Crippen LogP contribution in [0.25, 0.3) is 0 Å². The normalized spacial score (nSPS) is 16.6. The van der Waals surface area contributed by atoms with Gasteiger partial charge < -0.3 is 40.5 Å². The van der Waals surface area contributed by atoms with E-state index in [0.29, 0.717) is 41.9 Å². The molecule has 2 fully saturated rings. The maximum Gasteiger partial charge on any atom is 0.453 e. The molecule has 2 heterocycles. The number of quaternary nitrogens is 1. The van der Waals surface area contributed by atoms with Gasteiger partial charge in [-0.2, -0.15) is 0 Å². The lowest BCUT2D eigenvalue weighted by Gasteiger charge is -2.31. The number of rotatable bonds is 14. The van der Waals surface area contributed by atoms with Crippen molar-refractivity contribution in [3.05, 3.63) is 120 Å². The van der Waals surface area contributed by atoms with Crippen molar-refractivity contribution in [1.82, 2.24) is 15.5 Å². The molecule has 2 unspecified atom stereocenters. The largest absolute Gasteiger partial charge is 0.453 e. The fourth-order valence-electron chi connectivity index (χ4n) is 6.29. The summed E-state index contributed by atoms with van der Waals surface area (Å²) in [5.41, 5.74) is 1.71. The lowest BCUT2D eigenvalue weighted by Crippen LogP contribution is -2.89. The Labute approximate surface area is 312 Å². The minimum absolute atomic E-state index is 0.0998. The van der Waals surface area contributed by atoms with Gasteiger partial charge in [-0.3, -0.25) is 24.0 Å². The summed E-state index contributed by atoms with van der Waals surface area (Å²) in [5, 5.41) is 12.6. The topological polar surface area (TPSA) is 189 Å². The van der Waals surface area contributed by atoms with Crippen molar-refractivity contribution >= 4 is 48.5 Å². The monoisotopic (exact) mass is 753 g/mol. The van der Waals surface area contributed by atoms with E-state index in [1.54, 1.807) is 89.8 Å². The summed E-state index contributed by atoms with van der Waals surface area (Å²) in [5.74, 6) is -2.19. The third-order valence-corrected chi connectivity index (χ3v) is 11.2. The fraction of sp³-hybridized carbons (Fsp3) is 0.256. The Bertz CT molecular complexity index is 1870. The molecule has 54 heavy (non-hydrogen) atoms. The van der Waals surface area contributed by atoms with Gasteiger partial charge in [-0.15, -0.1) is 0 Å². The second kappa shape index (κ2) is 17.7. The molecular weight excluding hydrogens is 711 g/mol. The van der Waals surface area contributed by atoms with Gasteiger partial charge >= 0.3 is 7.60 Å². The SMILES string of the molecule is O=C(CNC(=O)c1ccccc1)Nc1ccc(OP(=O)(Oc2ccc(NC(=O)CNC(=O)c3ccccc3)cc2)C2CCCN2C(=O)C2CCC[NH2+]2)cc1. The highest BCUT2D eigenvalue weighted by atomic mass is 31.2. The maximum atomic E-state index is 14.9. The van der Waals surface area contributed by atoms with Crippen LogP contribution >= 0.6 is 7.60 Å². The lowest BCUT2D eigenvalue weighted by atomic mass is 10.2. The molecule has 4 aromatic carbocycles. The first-order chi connectivity index (χ1) is 26.2. The van der Waals surface area contributed by atoms with Gasteiger partial charge in [0.15, 0.2) is 11.8 Å². The molecule has 6 N–H and O–H groups in total. The zero-order chi connectivity index (χ0) is 37.9. The maximum absolute atomic E-state index is 14.9. The van der Waals surface area contributed by atoms with Crippen LogP contribution in [0.1, 0.15) is 46.4 Å². The molecule has 2 aliphatic heterocycles. The zero-order valence-electron chi connectivity index (χ0n) is 29.4. The van der Waals surface area contributed by atoms with E-state index in [1.807, 2.05) is 5.32 Å². The summed E-state index contributed by atoms with van der Waals surface area (Å²) in [6.07, 6.45) is 2.68. The molecular formula is C39H42N6O8P+. The number of carbonyl (C=O) groups is 5. The lowest BCUT2D eigenvalue weighted by molar-refractivity contribution is -0.658. The van der Waals surface area contributed by atoms with Crippen LogP contribution in [-0.4, -0.2) is 72.4 Å². The third kappa shape index (κ3) is 9.91. The zero-order valence-corrected chi connectivity index (χ0v) is 30.3. The molecule has 0 aliphatic carbocycles. The van der Waals surface area contributed by atoms with Gasteiger partial charge in [-0.05, 0) is 85.6 Å². The Hall–Kier alpha value is -5.98. The molecule has 14 nitrogen and oxygen atoms in total. The molecule has 15 heteroatoms. The van der Waals surface area contributed by atoms with Gasteiger partial charge in [0.2, 0.25) is 11.8 Å². The predicted octanol–water partition coefficient (Wildman–Crippen LogP) is 3.75. The summed E-state index contributed by atoms with van der Waals surface area (Å²) in [4.78, 5) is 64.9. The van der Waals surface area contributed by atoms with E-state index >= 15 is 0 Å². The molecule has 0 saturated carbocycles. The van der Waals surface area contributed by atoms with E-state index in [9.17, 15) is 28.5 Å². The quantitative estimate of drug-likeness (QED) is 0.120. The second-order valence-corrected chi connectivity index (χ2v) is 14.9. The van der Waals surface area contributed by atoms with Crippen molar-refractivity contribution in [1.29, 1.82) is 0 Å². The van der Waals surface area contributed by atoms with Gasteiger partial charge in [-0.25, -0.2) is 4.57 Å². The highest BCUT2D eigenvalue weighted by molar-refractivity contribution is 7.55. The summed E-state index contributed by atoms with van der Waals surface area (Å²) in [6.45, 7) is 0.783. The molecule has 4 aromatic rings. The Morgan fingerprint density at radius 3 is 1.57 bits per heavy atom. The molecule has 0 radical (unpaired) electrons. The van der Waals surface area contributed by atoms with E-state index in [1.165, 1.54) is 24.3 Å². The van der Waals surface area contributed by atoms with Crippen molar-refractivity contribution in [3.63, 3.8) is 0 Å². The number of hydrogen-bond acceptors (Lipinski definition) is 8. The van der Waals surface area contributed by atoms with Crippen LogP contribution in [0.15, 0.2) is 109 Å². The number of anilines is 2. The van der Waals surface area contributed by atoms with Crippen LogP contribution in [0.4, 0.5) is 11.4 Å². The molecule has 2 aliphatic rings. The summed E-state index contributed by atoms with van der Waals surface area (Å²) in [7, 11) is -4.13. The Morgan fingerprint density at radius 2 is 1.13 bits per heavy atom. The average Bonchev–Trinajstić information content (AvgIpc) is 3.92. The van der Waals surface area contributed by atoms with E-state index in [2.05, 4.69) is 21.3 Å². The highest BCUT2D eigenvalue weighted by Gasteiger charge is 2.49. The van der Waals surface area contributed by atoms with E-state index < -0.39 is 25.2 Å². The Balaban J connectivity index is 1.11. The Morgan fingerprint density at radius 1 is 0.648 bits per heavy atom. The molecule has 0 aromatic heterocycles. The third-order valence-electron chi connectivity index (χ3n) is 8.99. The standard InChI is InChI=1S/C39H41N6O8P/c46-34(25-41-37(48)27-9-3-1-4-10-27)43-29-15-19-31(20-16-29)52-54(51,36-14-8-24-45(36)39(50)33-13-7-23-40-33)53-32-21-17-30(18-22-32)44-35(47)26-42-38(49)28-11-5-2-6-12-28/h1-6,9-12,15-22,33,36,40H,7-8,13-14,23-26H2,(H,41,48)(H,42,49)(H,43,46)(H,44,47)/p+1. The summed E-state index contributed by atoms with van der Waals surface area (Å²) in [6, 6.07) is 29.3. The number of benzene rings is 4. The van der Waals surface area contributed by atoms with Crippen molar-refractivity contribution in [2.75, 3.05) is 36.8 Å². The van der Waals surface area contributed by atoms with E-state index in [0.717, 1.165) is 19.4 Å². The van der Waals surface area contributed by atoms with Gasteiger partial charge in [0.25, 0.3) is 17.7 Å². The molecule has 2 atom stereocenters. The van der Waals surface area contributed by atoms with Gasteiger partial charge in [0.1, 0.15) is 11.5 Å². The van der Waals surface area contributed by atoms with Crippen LogP contribution in [0.3, 0.4) is 0 Å².